The van der Waals surface area contributed by atoms with Crippen molar-refractivity contribution in [2.24, 2.45) is 11.8 Å². The first-order valence-electron chi connectivity index (χ1n) is 16.3. The summed E-state index contributed by atoms with van der Waals surface area (Å²) in [6, 6.07) is 5.27. The van der Waals surface area contributed by atoms with Gasteiger partial charge in [-0.3, -0.25) is 19.1 Å². The number of alkyl carbamates (subject to hydrolysis) is 2. The quantitative estimate of drug-likeness (QED) is 0.312. The van der Waals surface area contributed by atoms with Crippen LogP contribution < -0.4 is 20.7 Å². The number of ether oxygens (including phenoxy) is 2. The molecule has 48 heavy (non-hydrogen) atoms. The van der Waals surface area contributed by atoms with E-state index in [9.17, 15) is 32.4 Å². The zero-order valence-corrected chi connectivity index (χ0v) is 27.9. The molecule has 0 radical (unpaired) electrons. The van der Waals surface area contributed by atoms with Gasteiger partial charge in [0.05, 0.1) is 18.4 Å². The molecule has 2 saturated carbocycles. The van der Waals surface area contributed by atoms with Crippen molar-refractivity contribution in [2.45, 2.75) is 87.9 Å². The molecule has 2 aliphatic heterocycles. The number of benzene rings is 1. The molecule has 5 amide bonds. The minimum atomic E-state index is -3.90. The minimum Gasteiger partial charge on any atom is -0.450 e. The Morgan fingerprint density at radius 3 is 2.62 bits per heavy atom. The predicted octanol–water partition coefficient (Wildman–Crippen LogP) is 2.11. The second-order valence-corrected chi connectivity index (χ2v) is 15.1. The van der Waals surface area contributed by atoms with Crippen LogP contribution in [0.4, 0.5) is 9.59 Å². The van der Waals surface area contributed by atoms with Gasteiger partial charge in [-0.05, 0) is 55.2 Å². The first-order chi connectivity index (χ1) is 22.8. The molecule has 260 valence electrons. The smallest absolute Gasteiger partial charge is 0.407 e. The lowest BCUT2D eigenvalue weighted by atomic mass is 10.0. The van der Waals surface area contributed by atoms with Crippen LogP contribution in [0.3, 0.4) is 0 Å². The van der Waals surface area contributed by atoms with E-state index in [-0.39, 0.29) is 32.5 Å². The van der Waals surface area contributed by atoms with Gasteiger partial charge in [0.15, 0.2) is 0 Å². The molecule has 1 aromatic carbocycles. The van der Waals surface area contributed by atoms with Crippen LogP contribution in [-0.4, -0.2) is 85.4 Å². The van der Waals surface area contributed by atoms with Crippen molar-refractivity contribution in [1.82, 2.24) is 25.6 Å². The van der Waals surface area contributed by atoms with Gasteiger partial charge in [0.25, 0.3) is 5.91 Å². The fraction of sp³-hybridized carbons (Fsp3) is 0.545. The van der Waals surface area contributed by atoms with Crippen LogP contribution in [0.1, 0.15) is 63.5 Å². The van der Waals surface area contributed by atoms with Crippen LogP contribution in [0, 0.1) is 11.8 Å². The summed E-state index contributed by atoms with van der Waals surface area (Å²) < 4.78 is 38.2. The lowest BCUT2D eigenvalue weighted by Gasteiger charge is -2.31. The lowest BCUT2D eigenvalue weighted by molar-refractivity contribution is -0.141. The molecule has 0 spiro atoms. The van der Waals surface area contributed by atoms with E-state index in [1.54, 1.807) is 13.8 Å². The third kappa shape index (κ3) is 8.17. The normalized spacial score (nSPS) is 28.3. The van der Waals surface area contributed by atoms with Gasteiger partial charge in [0.2, 0.25) is 21.8 Å². The van der Waals surface area contributed by atoms with E-state index >= 15 is 0 Å². The Kier molecular flexibility index (Phi) is 10.5. The van der Waals surface area contributed by atoms with Gasteiger partial charge in [-0.25, -0.2) is 18.0 Å². The van der Waals surface area contributed by atoms with Crippen LogP contribution in [0.2, 0.25) is 0 Å². The number of carbonyl (C=O) groups is 5. The molecular weight excluding hydrogens is 642 g/mol. The Morgan fingerprint density at radius 2 is 1.94 bits per heavy atom. The molecule has 4 N–H and O–H groups in total. The number of hydrogen-bond donors (Lipinski definition) is 4. The third-order valence-corrected chi connectivity index (χ3v) is 10.8. The highest BCUT2D eigenvalue weighted by atomic mass is 32.2. The number of carbonyl (C=O) groups excluding carboxylic acids is 5. The zero-order valence-electron chi connectivity index (χ0n) is 27.1. The van der Waals surface area contributed by atoms with Crippen LogP contribution >= 0.6 is 0 Å². The highest BCUT2D eigenvalue weighted by Gasteiger charge is 2.62. The van der Waals surface area contributed by atoms with E-state index in [4.69, 9.17) is 9.47 Å². The van der Waals surface area contributed by atoms with E-state index in [2.05, 4.69) is 27.3 Å². The number of fused-ring (bicyclic) bond motifs is 4. The highest BCUT2D eigenvalue weighted by Crippen LogP contribution is 2.45. The van der Waals surface area contributed by atoms with Crippen molar-refractivity contribution in [3.8, 4) is 0 Å². The molecule has 5 atom stereocenters. The first-order valence-corrected chi connectivity index (χ1v) is 17.8. The molecular formula is C33H43N5O9S. The van der Waals surface area contributed by atoms with E-state index in [0.717, 1.165) is 11.1 Å². The van der Waals surface area contributed by atoms with Crippen LogP contribution in [-0.2, 0) is 40.4 Å². The summed E-state index contributed by atoms with van der Waals surface area (Å²) in [6.07, 6.45) is 5.02. The Balaban J connectivity index is 1.37. The summed E-state index contributed by atoms with van der Waals surface area (Å²) in [5.41, 5.74) is 0.191. The highest BCUT2D eigenvalue weighted by molar-refractivity contribution is 7.91. The molecule has 1 aromatic rings. The minimum absolute atomic E-state index is 0.0998. The number of amides is 5. The fourth-order valence-electron chi connectivity index (χ4n) is 6.01. The molecule has 4 bridgehead atoms. The predicted molar refractivity (Wildman–Crippen MR) is 174 cm³/mol. The maximum atomic E-state index is 14.0. The summed E-state index contributed by atoms with van der Waals surface area (Å²) in [5.74, 6) is -3.16. The summed E-state index contributed by atoms with van der Waals surface area (Å²) in [4.78, 5) is 68.0. The summed E-state index contributed by atoms with van der Waals surface area (Å²) in [5, 5.41) is 7.37. The number of sulfonamides is 1. The van der Waals surface area contributed by atoms with Crippen LogP contribution in [0.5, 0.6) is 0 Å². The summed E-state index contributed by atoms with van der Waals surface area (Å²) in [7, 11) is -3.90. The Labute approximate surface area is 280 Å². The second kappa shape index (κ2) is 14.4. The molecule has 1 saturated heterocycles. The standard InChI is InChI=1S/C33H43N5O9S/c1-4-23-17-33(23,30(41)37-48(44,45)25-12-13-25)36-28(39)26-16-24-19-38(26)29(40)27(20(2)3)35-32(43)46-14-7-5-6-9-21-10-8-11-22(15-21)18-34-31(42)47-24/h4,6,8-11,15,20,23-27H,1,5,7,12-14,16-19H2,2-3H3,(H,34,42)(H,35,43)(H,36,39)(H,37,41)/t23-,24-,26+,27+,33-/m1/s1. The maximum Gasteiger partial charge on any atom is 0.407 e. The number of rotatable bonds is 7. The average molecular weight is 686 g/mol. The van der Waals surface area contributed by atoms with Gasteiger partial charge in [-0.15, -0.1) is 6.58 Å². The van der Waals surface area contributed by atoms with Gasteiger partial charge in [0, 0.05) is 18.9 Å². The Hall–Kier alpha value is -4.40. The number of allylic oxidation sites excluding steroid dienone is 1. The molecule has 5 rings (SSSR count). The number of hydrogen-bond acceptors (Lipinski definition) is 9. The summed E-state index contributed by atoms with van der Waals surface area (Å²) in [6.45, 7) is 7.31. The van der Waals surface area contributed by atoms with E-state index in [0.29, 0.717) is 25.7 Å². The monoisotopic (exact) mass is 685 g/mol. The summed E-state index contributed by atoms with van der Waals surface area (Å²) >= 11 is 0. The average Bonchev–Trinajstić information content (AvgIpc) is 3.97. The molecule has 3 fully saturated rings. The van der Waals surface area contributed by atoms with Crippen LogP contribution in [0.25, 0.3) is 6.08 Å². The topological polar surface area (TPSA) is 189 Å². The molecule has 4 aliphatic rings. The van der Waals surface area contributed by atoms with Crippen molar-refractivity contribution >= 4 is 46.0 Å². The van der Waals surface area contributed by atoms with Gasteiger partial charge in [0.1, 0.15) is 23.7 Å². The number of nitrogens with one attached hydrogen (secondary N) is 4. The zero-order chi connectivity index (χ0) is 34.6. The molecule has 2 heterocycles. The lowest BCUT2D eigenvalue weighted by Crippen LogP contribution is -2.59. The Morgan fingerprint density at radius 1 is 1.17 bits per heavy atom. The van der Waals surface area contributed by atoms with Crippen molar-refractivity contribution < 1.29 is 41.9 Å². The first kappa shape index (κ1) is 34.9. The maximum absolute atomic E-state index is 14.0. The van der Waals surface area contributed by atoms with Crippen molar-refractivity contribution in [2.75, 3.05) is 13.2 Å². The van der Waals surface area contributed by atoms with Gasteiger partial charge in [-0.1, -0.05) is 50.3 Å². The van der Waals surface area contributed by atoms with E-state index < -0.39 is 80.7 Å². The van der Waals surface area contributed by atoms with Gasteiger partial charge >= 0.3 is 12.2 Å². The van der Waals surface area contributed by atoms with Crippen molar-refractivity contribution in [1.29, 1.82) is 0 Å². The number of cyclic esters (lactones) is 1. The molecule has 2 aliphatic carbocycles. The van der Waals surface area contributed by atoms with Crippen LogP contribution in [0.15, 0.2) is 43.0 Å². The number of nitrogens with zero attached hydrogens (tertiary/aromatic N) is 1. The molecule has 14 nitrogen and oxygen atoms in total. The van der Waals surface area contributed by atoms with Crippen molar-refractivity contribution in [3.63, 3.8) is 0 Å². The third-order valence-electron chi connectivity index (χ3n) is 9.02. The van der Waals surface area contributed by atoms with Crippen molar-refractivity contribution in [3.05, 3.63) is 54.1 Å². The SMILES string of the molecule is C=C[C@@H]1C[C@]1(NC(=O)[C@@H]1C[C@@H]2CN1C(=O)[C@H](C(C)C)NC(=O)OCCCC=Cc1cccc(c1)CNC(=O)O2)C(=O)NS(=O)(=O)C1CC1. The van der Waals surface area contributed by atoms with E-state index in [1.165, 1.54) is 11.0 Å². The fourth-order valence-corrected chi connectivity index (χ4v) is 7.38. The van der Waals surface area contributed by atoms with E-state index in [1.807, 2.05) is 36.4 Å². The molecule has 0 aromatic heterocycles. The van der Waals surface area contributed by atoms with Gasteiger partial charge < -0.3 is 30.3 Å². The molecule has 0 unspecified atom stereocenters. The second-order valence-electron chi connectivity index (χ2n) is 13.1. The molecule has 15 heteroatoms. The largest absolute Gasteiger partial charge is 0.450 e. The van der Waals surface area contributed by atoms with Gasteiger partial charge in [-0.2, -0.15) is 0 Å². The Bertz CT molecular complexity index is 1590.